The van der Waals surface area contributed by atoms with Crippen LogP contribution in [0, 0.1) is 10.6 Å². The minimum Gasteiger partial charge on any atom is -0.491 e. The summed E-state index contributed by atoms with van der Waals surface area (Å²) in [5, 5.41) is 35.4. The fourth-order valence-corrected chi connectivity index (χ4v) is 4.25. The number of hydrogen-bond acceptors (Lipinski definition) is 6. The van der Waals surface area contributed by atoms with Gasteiger partial charge in [-0.15, -0.1) is 16.7 Å². The lowest BCUT2D eigenvalue weighted by Crippen LogP contribution is -2.25. The zero-order chi connectivity index (χ0) is 25.6. The molecule has 0 aliphatic rings. The van der Waals surface area contributed by atoms with Gasteiger partial charge in [-0.2, -0.15) is 0 Å². The van der Waals surface area contributed by atoms with Gasteiger partial charge in [-0.3, -0.25) is 0 Å². The van der Waals surface area contributed by atoms with Crippen LogP contribution in [0.3, 0.4) is 0 Å². The maximum Gasteiger partial charge on any atom is 0.202 e. The van der Waals surface area contributed by atoms with Crippen LogP contribution in [0.15, 0.2) is 42.5 Å². The van der Waals surface area contributed by atoms with Gasteiger partial charge in [-0.1, -0.05) is 43.3 Å². The van der Waals surface area contributed by atoms with Gasteiger partial charge in [0.1, 0.15) is 27.9 Å². The van der Waals surface area contributed by atoms with Crippen LogP contribution in [0.1, 0.15) is 36.2 Å². The Bertz CT molecular complexity index is 1110. The summed E-state index contributed by atoms with van der Waals surface area (Å²) in [6.45, 7) is 6.68. The number of aromatic nitrogens is 3. The van der Waals surface area contributed by atoms with Crippen LogP contribution in [0.5, 0.6) is 11.5 Å². The highest BCUT2D eigenvalue weighted by atomic mass is 127. The van der Waals surface area contributed by atoms with Gasteiger partial charge in [-0.25, -0.2) is 4.68 Å². The highest BCUT2D eigenvalue weighted by Gasteiger charge is 2.24. The summed E-state index contributed by atoms with van der Waals surface area (Å²) in [4.78, 5) is 0. The van der Waals surface area contributed by atoms with E-state index in [0.29, 0.717) is 15.1 Å². The summed E-state index contributed by atoms with van der Waals surface area (Å²) in [7, 11) is 0. The Balaban J connectivity index is 1.61. The van der Waals surface area contributed by atoms with Crippen molar-refractivity contribution in [1.29, 1.82) is 0 Å². The Morgan fingerprint density at radius 1 is 1.11 bits per heavy atom. The van der Waals surface area contributed by atoms with Crippen LogP contribution in [-0.2, 0) is 18.6 Å². The fraction of sp³-hybridized carbons (Fsp3) is 0.440. The molecule has 0 bridgehead atoms. The maximum absolute atomic E-state index is 10.3. The average Bonchev–Trinajstić information content (AvgIpc) is 3.20. The van der Waals surface area contributed by atoms with Gasteiger partial charge in [0, 0.05) is 5.41 Å². The van der Waals surface area contributed by atoms with Crippen molar-refractivity contribution in [2.75, 3.05) is 19.1 Å². The number of ether oxygens (including phenoxy) is 2. The van der Waals surface area contributed by atoms with Crippen molar-refractivity contribution in [3.05, 3.63) is 68.5 Å². The van der Waals surface area contributed by atoms with Crippen LogP contribution in [0.4, 0.5) is 0 Å². The summed E-state index contributed by atoms with van der Waals surface area (Å²) < 4.78 is 13.6. The molecule has 3 rings (SSSR count). The molecule has 0 amide bonds. The van der Waals surface area contributed by atoms with E-state index in [1.165, 1.54) is 4.68 Å². The lowest BCUT2D eigenvalue weighted by Gasteiger charge is -2.27. The Morgan fingerprint density at radius 3 is 2.43 bits per heavy atom. The molecule has 10 heteroatoms. The number of aryl methyl sites for hydroxylation is 1. The molecule has 35 heavy (non-hydrogen) atoms. The van der Waals surface area contributed by atoms with E-state index in [-0.39, 0.29) is 37.7 Å². The van der Waals surface area contributed by atoms with E-state index in [0.717, 1.165) is 22.4 Å². The number of aliphatic hydroxyl groups excluding tert-OH is 2. The van der Waals surface area contributed by atoms with Gasteiger partial charge in [0.15, 0.2) is 6.61 Å². The molecule has 0 radical (unpaired) electrons. The second kappa shape index (κ2) is 12.4. The number of halogens is 2. The Labute approximate surface area is 224 Å². The first-order valence-corrected chi connectivity index (χ1v) is 12.9. The molecule has 4 N–H and O–H groups in total. The zero-order valence-corrected chi connectivity index (χ0v) is 23.0. The summed E-state index contributed by atoms with van der Waals surface area (Å²) in [6.07, 6.45) is -1.24. The molecule has 1 aromatic heterocycles. The van der Waals surface area contributed by atoms with Crippen molar-refractivity contribution in [2.45, 2.75) is 51.5 Å². The molecule has 2 unspecified atom stereocenters. The first-order chi connectivity index (χ1) is 16.6. The molecular weight excluding hydrogens is 585 g/mol. The first-order valence-electron chi connectivity index (χ1n) is 11.3. The van der Waals surface area contributed by atoms with Crippen molar-refractivity contribution < 1.29 is 24.8 Å². The number of rotatable bonds is 12. The number of hydrogen-bond donors (Lipinski definition) is 2. The molecule has 190 valence electrons. The molecule has 0 saturated heterocycles. The van der Waals surface area contributed by atoms with Gasteiger partial charge in [0.2, 0.25) is 6.10 Å². The van der Waals surface area contributed by atoms with Crippen molar-refractivity contribution >= 4 is 34.2 Å². The van der Waals surface area contributed by atoms with E-state index in [1.54, 1.807) is 0 Å². The molecular formula is C25H32ClIN3O5+. The largest absolute Gasteiger partial charge is 0.491 e. The molecule has 1 heterocycles. The monoisotopic (exact) mass is 616 g/mol. The minimum atomic E-state index is -0.799. The van der Waals surface area contributed by atoms with Crippen molar-refractivity contribution in [2.24, 2.45) is 0 Å². The molecule has 3 aromatic rings. The van der Waals surface area contributed by atoms with E-state index in [9.17, 15) is 10.2 Å². The van der Waals surface area contributed by atoms with Gasteiger partial charge >= 0.3 is 0 Å². The highest BCUT2D eigenvalue weighted by molar-refractivity contribution is 14.1. The quantitative estimate of drug-likeness (QED) is 0.184. The smallest absolute Gasteiger partial charge is 0.202 e. The second-order valence-electron chi connectivity index (χ2n) is 8.92. The number of aliphatic hydroxyl groups is 2. The Hall–Kier alpha value is -1.92. The third-order valence-corrected chi connectivity index (χ3v) is 7.08. The van der Waals surface area contributed by atoms with Crippen LogP contribution in [0.25, 0.3) is 0 Å². The zero-order valence-electron chi connectivity index (χ0n) is 20.0. The second-order valence-corrected chi connectivity index (χ2v) is 10.3. The van der Waals surface area contributed by atoms with Crippen LogP contribution in [-0.4, -0.2) is 61.6 Å². The number of benzene rings is 2. The molecule has 0 saturated carbocycles. The SMILES string of the molecule is Cc1cc(C(C)(C)c2ccc(OCC(O)Cn3nnc(I)c3CO)cc2)ccc1OCC([OH2+])CCl. The lowest BCUT2D eigenvalue weighted by atomic mass is 9.77. The average molecular weight is 617 g/mol. The molecule has 2 atom stereocenters. The fourth-order valence-electron chi connectivity index (χ4n) is 3.62. The first kappa shape index (κ1) is 27.7. The van der Waals surface area contributed by atoms with E-state index in [1.807, 2.05) is 59.8 Å². The van der Waals surface area contributed by atoms with Crippen LogP contribution >= 0.6 is 34.2 Å². The minimum absolute atomic E-state index is 0.0909. The lowest BCUT2D eigenvalue weighted by molar-refractivity contribution is 0.0866. The summed E-state index contributed by atoms with van der Waals surface area (Å²) in [6, 6.07) is 14.0. The number of alkyl halides is 1. The van der Waals surface area contributed by atoms with Crippen LogP contribution < -0.4 is 9.47 Å². The summed E-state index contributed by atoms with van der Waals surface area (Å²) in [5.41, 5.74) is 3.60. The van der Waals surface area contributed by atoms with Crippen molar-refractivity contribution in [3.63, 3.8) is 0 Å². The number of nitrogens with zero attached hydrogens (tertiary/aromatic N) is 3. The van der Waals surface area contributed by atoms with Crippen molar-refractivity contribution in [1.82, 2.24) is 15.0 Å². The standard InChI is InChI=1S/C25H31ClIN3O5/c1-16-10-18(6-9-23(16)35-14-19(32)11-26)25(2,3)17-4-7-21(8-5-17)34-15-20(33)12-30-22(13-31)24(27)28-29-30/h4-10,19-20,31-33H,11-15H2,1-3H3/p+1. The molecule has 0 aliphatic heterocycles. The summed E-state index contributed by atoms with van der Waals surface area (Å²) in [5.74, 6) is 1.67. The third kappa shape index (κ3) is 7.07. The normalized spacial score (nSPS) is 13.5. The highest BCUT2D eigenvalue weighted by Crippen LogP contribution is 2.34. The van der Waals surface area contributed by atoms with Gasteiger partial charge in [-0.05, 0) is 64.4 Å². The van der Waals surface area contributed by atoms with Gasteiger partial charge in [0.05, 0.1) is 24.7 Å². The van der Waals surface area contributed by atoms with Gasteiger partial charge < -0.3 is 24.8 Å². The van der Waals surface area contributed by atoms with Gasteiger partial charge in [0.25, 0.3) is 0 Å². The predicted octanol–water partition coefficient (Wildman–Crippen LogP) is 3.16. The molecule has 0 aliphatic carbocycles. The third-order valence-electron chi connectivity index (χ3n) is 5.86. The van der Waals surface area contributed by atoms with E-state index < -0.39 is 12.2 Å². The van der Waals surface area contributed by atoms with Crippen LogP contribution in [0.2, 0.25) is 0 Å². The topological polar surface area (TPSA) is 113 Å². The predicted molar refractivity (Wildman–Crippen MR) is 144 cm³/mol. The molecule has 8 nitrogen and oxygen atoms in total. The van der Waals surface area contributed by atoms with E-state index in [2.05, 4.69) is 36.3 Å². The Kier molecular flexibility index (Phi) is 9.77. The van der Waals surface area contributed by atoms with E-state index in [4.69, 9.17) is 26.2 Å². The molecule has 2 aromatic carbocycles. The molecule has 0 fully saturated rings. The molecule has 0 spiro atoms. The Morgan fingerprint density at radius 2 is 1.80 bits per heavy atom. The van der Waals surface area contributed by atoms with E-state index >= 15 is 0 Å². The maximum atomic E-state index is 10.3. The summed E-state index contributed by atoms with van der Waals surface area (Å²) >= 11 is 7.70. The van der Waals surface area contributed by atoms with Crippen molar-refractivity contribution in [3.8, 4) is 11.5 Å².